The first-order valence-electron chi connectivity index (χ1n) is 10.5. The number of anilines is 1. The standard InChI is InChI=1S/C26H20ClN3O4/c1-33-9-10-34-21-12-18(11-19(27)13-21)23-14-24(22-7-3-2-5-17(22)15-28)26(32)30(25(23)31)20-6-4-8-29-16-20/h2-8,11-14,16,23H,9-10H2,1H3. The Bertz CT molecular complexity index is 1300. The number of hydrogen-bond acceptors (Lipinski definition) is 6. The van der Waals surface area contributed by atoms with Gasteiger partial charge >= 0.3 is 0 Å². The molecule has 0 spiro atoms. The van der Waals surface area contributed by atoms with Gasteiger partial charge in [0.25, 0.3) is 5.91 Å². The maximum Gasteiger partial charge on any atom is 0.265 e. The summed E-state index contributed by atoms with van der Waals surface area (Å²) in [4.78, 5) is 32.3. The molecule has 4 rings (SSSR count). The summed E-state index contributed by atoms with van der Waals surface area (Å²) >= 11 is 6.34. The lowest BCUT2D eigenvalue weighted by Crippen LogP contribution is -2.43. The number of hydrogen-bond donors (Lipinski definition) is 0. The fourth-order valence-electron chi connectivity index (χ4n) is 3.75. The molecule has 0 saturated heterocycles. The molecule has 7 nitrogen and oxygen atoms in total. The Kier molecular flexibility index (Phi) is 7.02. The molecular weight excluding hydrogens is 454 g/mol. The van der Waals surface area contributed by atoms with E-state index in [-0.39, 0.29) is 5.57 Å². The van der Waals surface area contributed by atoms with E-state index in [1.165, 1.54) is 6.20 Å². The summed E-state index contributed by atoms with van der Waals surface area (Å²) in [6.45, 7) is 0.703. The van der Waals surface area contributed by atoms with Crippen LogP contribution < -0.4 is 9.64 Å². The van der Waals surface area contributed by atoms with Gasteiger partial charge in [-0.1, -0.05) is 35.9 Å². The zero-order valence-corrected chi connectivity index (χ0v) is 19.0. The second-order valence-corrected chi connectivity index (χ2v) is 7.90. The lowest BCUT2D eigenvalue weighted by Gasteiger charge is -2.30. The zero-order chi connectivity index (χ0) is 24.1. The number of carbonyl (C=O) groups is 2. The lowest BCUT2D eigenvalue weighted by molar-refractivity contribution is -0.124. The Morgan fingerprint density at radius 2 is 1.94 bits per heavy atom. The number of halogens is 1. The number of amides is 2. The lowest BCUT2D eigenvalue weighted by atomic mass is 9.87. The van der Waals surface area contributed by atoms with Crippen LogP contribution in [0.4, 0.5) is 5.69 Å². The Hall–Kier alpha value is -3.99. The van der Waals surface area contributed by atoms with Crippen LogP contribution in [0.5, 0.6) is 5.75 Å². The summed E-state index contributed by atoms with van der Waals surface area (Å²) in [6, 6.07) is 17.2. The largest absolute Gasteiger partial charge is 0.491 e. The molecule has 0 aliphatic carbocycles. The first kappa shape index (κ1) is 23.2. The van der Waals surface area contributed by atoms with Crippen molar-refractivity contribution >= 4 is 34.7 Å². The van der Waals surface area contributed by atoms with Crippen molar-refractivity contribution in [2.45, 2.75) is 5.92 Å². The molecule has 2 heterocycles. The Labute approximate surface area is 201 Å². The predicted octanol–water partition coefficient (Wildman–Crippen LogP) is 4.37. The highest BCUT2D eigenvalue weighted by atomic mass is 35.5. The van der Waals surface area contributed by atoms with E-state index in [9.17, 15) is 14.9 Å². The smallest absolute Gasteiger partial charge is 0.265 e. The van der Waals surface area contributed by atoms with Crippen molar-refractivity contribution in [3.8, 4) is 11.8 Å². The first-order valence-corrected chi connectivity index (χ1v) is 10.8. The SMILES string of the molecule is COCCOc1cc(Cl)cc(C2C=C(c3ccccc3C#N)C(=O)N(c3cccnc3)C2=O)c1. The van der Waals surface area contributed by atoms with Crippen molar-refractivity contribution in [3.05, 3.63) is 94.8 Å². The van der Waals surface area contributed by atoms with Gasteiger partial charge in [-0.3, -0.25) is 14.6 Å². The van der Waals surface area contributed by atoms with Crippen LogP contribution in [0.2, 0.25) is 5.02 Å². The molecule has 1 aliphatic heterocycles. The number of carbonyl (C=O) groups excluding carboxylic acids is 2. The summed E-state index contributed by atoms with van der Waals surface area (Å²) in [7, 11) is 1.57. The van der Waals surface area contributed by atoms with Gasteiger partial charge in [-0.2, -0.15) is 5.26 Å². The predicted molar refractivity (Wildman–Crippen MR) is 127 cm³/mol. The molecule has 0 radical (unpaired) electrons. The van der Waals surface area contributed by atoms with E-state index in [1.807, 2.05) is 0 Å². The van der Waals surface area contributed by atoms with Gasteiger partial charge in [0.2, 0.25) is 5.91 Å². The fraction of sp³-hybridized carbons (Fsp3) is 0.154. The minimum atomic E-state index is -0.844. The van der Waals surface area contributed by atoms with Gasteiger partial charge < -0.3 is 9.47 Å². The third kappa shape index (κ3) is 4.69. The van der Waals surface area contributed by atoms with Crippen molar-refractivity contribution in [1.29, 1.82) is 5.26 Å². The van der Waals surface area contributed by atoms with Gasteiger partial charge in [0.1, 0.15) is 12.4 Å². The number of nitriles is 1. The van der Waals surface area contributed by atoms with E-state index in [0.29, 0.717) is 46.4 Å². The number of nitrogens with zero attached hydrogens (tertiary/aromatic N) is 3. The Balaban J connectivity index is 1.86. The van der Waals surface area contributed by atoms with Crippen LogP contribution in [0.15, 0.2) is 73.1 Å². The van der Waals surface area contributed by atoms with Crippen LogP contribution in [0.25, 0.3) is 5.57 Å². The van der Waals surface area contributed by atoms with E-state index in [4.69, 9.17) is 21.1 Å². The summed E-state index contributed by atoms with van der Waals surface area (Å²) in [5.74, 6) is -1.36. The van der Waals surface area contributed by atoms with E-state index in [2.05, 4.69) is 11.1 Å². The molecule has 1 aromatic heterocycles. The van der Waals surface area contributed by atoms with E-state index >= 15 is 0 Å². The highest BCUT2D eigenvalue weighted by molar-refractivity contribution is 6.38. The van der Waals surface area contributed by atoms with Crippen molar-refractivity contribution < 1.29 is 19.1 Å². The summed E-state index contributed by atoms with van der Waals surface area (Å²) in [6.07, 6.45) is 4.59. The van der Waals surface area contributed by atoms with Crippen LogP contribution in [0, 0.1) is 11.3 Å². The average molecular weight is 474 g/mol. The minimum Gasteiger partial charge on any atom is -0.491 e. The van der Waals surface area contributed by atoms with Gasteiger partial charge in [0.15, 0.2) is 0 Å². The number of imide groups is 1. The molecule has 0 bridgehead atoms. The number of rotatable bonds is 7. The number of ether oxygens (including phenoxy) is 2. The number of pyridine rings is 1. The van der Waals surface area contributed by atoms with Crippen LogP contribution in [0.1, 0.15) is 22.6 Å². The molecule has 3 aromatic rings. The van der Waals surface area contributed by atoms with Crippen LogP contribution in [-0.4, -0.2) is 37.1 Å². The second-order valence-electron chi connectivity index (χ2n) is 7.47. The summed E-state index contributed by atoms with van der Waals surface area (Å²) in [5.41, 5.74) is 1.91. The van der Waals surface area contributed by atoms with E-state index < -0.39 is 17.7 Å². The highest BCUT2D eigenvalue weighted by Gasteiger charge is 2.38. The van der Waals surface area contributed by atoms with Gasteiger partial charge in [-0.25, -0.2) is 4.90 Å². The van der Waals surface area contributed by atoms with Crippen molar-refractivity contribution in [2.24, 2.45) is 0 Å². The maximum atomic E-state index is 13.6. The number of benzene rings is 2. The molecule has 1 aliphatic rings. The van der Waals surface area contributed by atoms with Gasteiger partial charge in [0.05, 0.1) is 36.0 Å². The minimum absolute atomic E-state index is 0.243. The number of aromatic nitrogens is 1. The summed E-state index contributed by atoms with van der Waals surface area (Å²) < 4.78 is 10.7. The van der Waals surface area contributed by atoms with Gasteiger partial charge in [-0.05, 0) is 42.0 Å². The molecule has 0 saturated carbocycles. The summed E-state index contributed by atoms with van der Waals surface area (Å²) in [5, 5.41) is 9.99. The maximum absolute atomic E-state index is 13.6. The fourth-order valence-corrected chi connectivity index (χ4v) is 3.98. The van der Waals surface area contributed by atoms with Crippen molar-refractivity contribution in [3.63, 3.8) is 0 Å². The second kappa shape index (κ2) is 10.3. The molecule has 34 heavy (non-hydrogen) atoms. The molecule has 1 unspecified atom stereocenters. The molecule has 0 fully saturated rings. The van der Waals surface area contributed by atoms with Crippen LogP contribution in [-0.2, 0) is 14.3 Å². The Morgan fingerprint density at radius 1 is 1.12 bits per heavy atom. The third-order valence-electron chi connectivity index (χ3n) is 5.30. The molecular formula is C26H20ClN3O4. The molecule has 0 N–H and O–H groups in total. The van der Waals surface area contributed by atoms with E-state index in [1.54, 1.807) is 74.0 Å². The Morgan fingerprint density at radius 3 is 2.68 bits per heavy atom. The van der Waals surface area contributed by atoms with Gasteiger partial charge in [0, 0.05) is 29.5 Å². The first-order chi connectivity index (χ1) is 16.5. The third-order valence-corrected chi connectivity index (χ3v) is 5.52. The highest BCUT2D eigenvalue weighted by Crippen LogP contribution is 2.37. The van der Waals surface area contributed by atoms with Crippen LogP contribution in [0.3, 0.4) is 0 Å². The monoisotopic (exact) mass is 473 g/mol. The van der Waals surface area contributed by atoms with Crippen molar-refractivity contribution in [2.75, 3.05) is 25.2 Å². The van der Waals surface area contributed by atoms with Crippen LogP contribution >= 0.6 is 11.6 Å². The molecule has 170 valence electrons. The number of methoxy groups -OCH3 is 1. The van der Waals surface area contributed by atoms with Gasteiger partial charge in [-0.15, -0.1) is 0 Å². The van der Waals surface area contributed by atoms with Crippen molar-refractivity contribution in [1.82, 2.24) is 4.98 Å². The molecule has 2 aromatic carbocycles. The molecule has 1 atom stereocenters. The topological polar surface area (TPSA) is 92.5 Å². The zero-order valence-electron chi connectivity index (χ0n) is 18.3. The average Bonchev–Trinajstić information content (AvgIpc) is 2.85. The van der Waals surface area contributed by atoms with E-state index in [0.717, 1.165) is 4.90 Å². The quantitative estimate of drug-likeness (QED) is 0.373. The molecule has 2 amide bonds. The molecule has 8 heteroatoms. The normalized spacial score (nSPS) is 15.6.